The van der Waals surface area contributed by atoms with Gasteiger partial charge in [-0.15, -0.1) is 0 Å². The second-order valence-corrected chi connectivity index (χ2v) is 4.57. The van der Waals surface area contributed by atoms with Crippen molar-refractivity contribution in [1.82, 2.24) is 9.97 Å². The predicted molar refractivity (Wildman–Crippen MR) is 66.4 cm³/mol. The van der Waals surface area contributed by atoms with Gasteiger partial charge in [-0.05, 0) is 19.8 Å². The lowest BCUT2D eigenvalue weighted by Gasteiger charge is -2.37. The molecule has 1 aromatic heterocycles. The summed E-state index contributed by atoms with van der Waals surface area (Å²) >= 11 is 0. The summed E-state index contributed by atoms with van der Waals surface area (Å²) in [6.07, 6.45) is 2.38. The standard InChI is InChI=1S/C11H16N4O3/c1-6-4-7(11(17)18)2-3-15(6)9-8(12)10(16)14-5-13-9/h5-7H,2-4,12H2,1H3,(H,17,18)(H,13,14,16). The van der Waals surface area contributed by atoms with Gasteiger partial charge in [0.2, 0.25) is 0 Å². The van der Waals surface area contributed by atoms with Gasteiger partial charge in [-0.25, -0.2) is 4.98 Å². The highest BCUT2D eigenvalue weighted by molar-refractivity contribution is 5.71. The zero-order chi connectivity index (χ0) is 13.3. The van der Waals surface area contributed by atoms with Crippen molar-refractivity contribution >= 4 is 17.5 Å². The van der Waals surface area contributed by atoms with E-state index in [2.05, 4.69) is 9.97 Å². The number of hydrogen-bond acceptors (Lipinski definition) is 5. The number of hydrogen-bond donors (Lipinski definition) is 3. The minimum Gasteiger partial charge on any atom is -0.481 e. The van der Waals surface area contributed by atoms with Crippen LogP contribution in [0.2, 0.25) is 0 Å². The highest BCUT2D eigenvalue weighted by Crippen LogP contribution is 2.28. The van der Waals surface area contributed by atoms with Crippen molar-refractivity contribution in [1.29, 1.82) is 0 Å². The number of aromatic amines is 1. The summed E-state index contributed by atoms with van der Waals surface area (Å²) in [4.78, 5) is 30.8. The van der Waals surface area contributed by atoms with Crippen LogP contribution in [0, 0.1) is 5.92 Å². The summed E-state index contributed by atoms with van der Waals surface area (Å²) in [5.74, 6) is -0.664. The Morgan fingerprint density at radius 3 is 3.00 bits per heavy atom. The van der Waals surface area contributed by atoms with E-state index in [0.717, 1.165) is 0 Å². The minimum atomic E-state index is -0.770. The number of nitrogens with two attached hydrogens (primary N) is 1. The monoisotopic (exact) mass is 252 g/mol. The number of carboxylic acids is 1. The van der Waals surface area contributed by atoms with Crippen LogP contribution in [-0.2, 0) is 4.79 Å². The number of aliphatic carboxylic acids is 1. The molecular weight excluding hydrogens is 236 g/mol. The topological polar surface area (TPSA) is 112 Å². The number of carbonyl (C=O) groups is 1. The Morgan fingerprint density at radius 2 is 2.39 bits per heavy atom. The van der Waals surface area contributed by atoms with Gasteiger partial charge < -0.3 is 20.7 Å². The second kappa shape index (κ2) is 4.67. The van der Waals surface area contributed by atoms with Gasteiger partial charge in [0, 0.05) is 12.6 Å². The van der Waals surface area contributed by atoms with Gasteiger partial charge >= 0.3 is 5.97 Å². The van der Waals surface area contributed by atoms with E-state index in [0.29, 0.717) is 25.2 Å². The number of piperidine rings is 1. The molecule has 2 unspecified atom stereocenters. The highest BCUT2D eigenvalue weighted by atomic mass is 16.4. The van der Waals surface area contributed by atoms with E-state index >= 15 is 0 Å². The van der Waals surface area contributed by atoms with Crippen molar-refractivity contribution in [2.45, 2.75) is 25.8 Å². The number of H-pyrrole nitrogens is 1. The number of nitrogens with zero attached hydrogens (tertiary/aromatic N) is 2. The molecule has 1 aliphatic rings. The predicted octanol–water partition coefficient (Wildman–Crippen LogP) is 0.0416. The highest BCUT2D eigenvalue weighted by Gasteiger charge is 2.31. The maximum Gasteiger partial charge on any atom is 0.306 e. The first kappa shape index (κ1) is 12.4. The average molecular weight is 252 g/mol. The third kappa shape index (κ3) is 2.15. The van der Waals surface area contributed by atoms with Crippen molar-refractivity contribution in [3.8, 4) is 0 Å². The Balaban J connectivity index is 2.23. The summed E-state index contributed by atoms with van der Waals surface area (Å²) in [6, 6.07) is -0.00329. The fourth-order valence-electron chi connectivity index (χ4n) is 2.34. The van der Waals surface area contributed by atoms with Gasteiger partial charge in [-0.2, -0.15) is 0 Å². The first-order valence-electron chi connectivity index (χ1n) is 5.83. The molecule has 0 aliphatic carbocycles. The quantitative estimate of drug-likeness (QED) is 0.685. The molecule has 0 amide bonds. The van der Waals surface area contributed by atoms with Gasteiger partial charge in [-0.3, -0.25) is 9.59 Å². The molecule has 0 spiro atoms. The van der Waals surface area contributed by atoms with Gasteiger partial charge in [0.25, 0.3) is 5.56 Å². The second-order valence-electron chi connectivity index (χ2n) is 4.57. The minimum absolute atomic E-state index is 0.00329. The smallest absolute Gasteiger partial charge is 0.306 e. The normalized spacial score (nSPS) is 23.9. The van der Waals surface area contributed by atoms with E-state index in [4.69, 9.17) is 10.8 Å². The summed E-state index contributed by atoms with van der Waals surface area (Å²) in [5, 5.41) is 9.00. The lowest BCUT2D eigenvalue weighted by atomic mass is 9.92. The summed E-state index contributed by atoms with van der Waals surface area (Å²) in [6.45, 7) is 2.45. The van der Waals surface area contributed by atoms with Crippen molar-refractivity contribution in [3.05, 3.63) is 16.7 Å². The molecule has 0 radical (unpaired) electrons. The fraction of sp³-hybridized carbons (Fsp3) is 0.545. The molecule has 2 rings (SSSR count). The third-order valence-electron chi connectivity index (χ3n) is 3.37. The zero-order valence-electron chi connectivity index (χ0n) is 10.1. The van der Waals surface area contributed by atoms with E-state index in [1.807, 2.05) is 11.8 Å². The van der Waals surface area contributed by atoms with Gasteiger partial charge in [0.1, 0.15) is 5.69 Å². The number of carboxylic acid groups (broad SMARTS) is 1. The Morgan fingerprint density at radius 1 is 1.67 bits per heavy atom. The lowest BCUT2D eigenvalue weighted by molar-refractivity contribution is -0.142. The van der Waals surface area contributed by atoms with Crippen molar-refractivity contribution in [3.63, 3.8) is 0 Å². The van der Waals surface area contributed by atoms with Crippen LogP contribution < -0.4 is 16.2 Å². The summed E-state index contributed by atoms with van der Waals surface area (Å²) in [5.41, 5.74) is 5.42. The van der Waals surface area contributed by atoms with Crippen molar-refractivity contribution in [2.75, 3.05) is 17.2 Å². The Bertz CT molecular complexity index is 513. The van der Waals surface area contributed by atoms with Crippen molar-refractivity contribution < 1.29 is 9.90 Å². The molecule has 1 aromatic rings. The van der Waals surface area contributed by atoms with Crippen LogP contribution >= 0.6 is 0 Å². The van der Waals surface area contributed by atoms with Gasteiger partial charge in [0.05, 0.1) is 12.2 Å². The van der Waals surface area contributed by atoms with Crippen LogP contribution in [0.1, 0.15) is 19.8 Å². The maximum absolute atomic E-state index is 11.4. The van der Waals surface area contributed by atoms with E-state index in [-0.39, 0.29) is 23.2 Å². The molecule has 2 heterocycles. The molecule has 0 saturated carbocycles. The molecule has 98 valence electrons. The van der Waals surface area contributed by atoms with Crippen LogP contribution in [0.25, 0.3) is 0 Å². The van der Waals surface area contributed by atoms with E-state index in [1.165, 1.54) is 6.33 Å². The first-order chi connectivity index (χ1) is 8.50. The van der Waals surface area contributed by atoms with Crippen molar-refractivity contribution in [2.24, 2.45) is 5.92 Å². The molecule has 1 fully saturated rings. The van der Waals surface area contributed by atoms with Crippen LogP contribution in [0.5, 0.6) is 0 Å². The molecule has 0 bridgehead atoms. The molecule has 18 heavy (non-hydrogen) atoms. The number of aromatic nitrogens is 2. The largest absolute Gasteiger partial charge is 0.481 e. The maximum atomic E-state index is 11.4. The van der Waals surface area contributed by atoms with Gasteiger partial charge in [-0.1, -0.05) is 0 Å². The molecule has 1 aliphatic heterocycles. The van der Waals surface area contributed by atoms with Crippen LogP contribution in [0.4, 0.5) is 11.5 Å². The first-order valence-corrected chi connectivity index (χ1v) is 5.83. The lowest BCUT2D eigenvalue weighted by Crippen LogP contribution is -2.44. The van der Waals surface area contributed by atoms with Gasteiger partial charge in [0.15, 0.2) is 5.82 Å². The molecule has 0 aromatic carbocycles. The zero-order valence-corrected chi connectivity index (χ0v) is 10.1. The Hall–Kier alpha value is -2.05. The molecule has 2 atom stereocenters. The Labute approximate surface area is 104 Å². The number of nitrogen functional groups attached to an aromatic ring is 1. The number of nitrogens with one attached hydrogen (secondary N) is 1. The van der Waals surface area contributed by atoms with Crippen LogP contribution in [0.3, 0.4) is 0 Å². The van der Waals surface area contributed by atoms with E-state index in [9.17, 15) is 9.59 Å². The summed E-state index contributed by atoms with van der Waals surface area (Å²) in [7, 11) is 0. The van der Waals surface area contributed by atoms with Crippen LogP contribution in [0.15, 0.2) is 11.1 Å². The third-order valence-corrected chi connectivity index (χ3v) is 3.37. The number of anilines is 2. The molecular formula is C11H16N4O3. The van der Waals surface area contributed by atoms with E-state index < -0.39 is 5.97 Å². The molecule has 7 heteroatoms. The van der Waals surface area contributed by atoms with Crippen LogP contribution in [-0.4, -0.2) is 33.6 Å². The fourth-order valence-corrected chi connectivity index (χ4v) is 2.34. The van der Waals surface area contributed by atoms with E-state index in [1.54, 1.807) is 0 Å². The summed E-state index contributed by atoms with van der Waals surface area (Å²) < 4.78 is 0. The SMILES string of the molecule is CC1CC(C(=O)O)CCN1c1nc[nH]c(=O)c1N. The Kier molecular flexibility index (Phi) is 3.22. The number of rotatable bonds is 2. The molecule has 4 N–H and O–H groups in total. The average Bonchev–Trinajstić information content (AvgIpc) is 2.33. The molecule has 1 saturated heterocycles. The molecule has 7 nitrogen and oxygen atoms in total.